The summed E-state index contributed by atoms with van der Waals surface area (Å²) in [6, 6.07) is 12.3. The van der Waals surface area contributed by atoms with E-state index in [-0.39, 0.29) is 11.8 Å². The number of carbonyl (C=O) groups excluding carboxylic acids is 1. The summed E-state index contributed by atoms with van der Waals surface area (Å²) >= 11 is 0. The number of fused-ring (bicyclic) bond motifs is 1. The van der Waals surface area contributed by atoms with E-state index < -0.39 is 0 Å². The van der Waals surface area contributed by atoms with Crippen molar-refractivity contribution >= 4 is 11.7 Å². The van der Waals surface area contributed by atoms with Gasteiger partial charge in [0.15, 0.2) is 11.5 Å². The molecule has 0 atom stereocenters. The molecule has 1 fully saturated rings. The highest BCUT2D eigenvalue weighted by Gasteiger charge is 2.22. The Bertz CT molecular complexity index is 822. The third kappa shape index (κ3) is 3.92. The van der Waals surface area contributed by atoms with Crippen molar-refractivity contribution in [2.45, 2.75) is 6.54 Å². The highest BCUT2D eigenvalue weighted by Crippen LogP contribution is 2.30. The van der Waals surface area contributed by atoms with Crippen molar-refractivity contribution in [3.8, 4) is 11.5 Å². The number of para-hydroxylation sites is 1. The number of carbonyl (C=O) groups is 1. The monoisotopic (exact) mass is 371 g/mol. The molecule has 4 rings (SSSR count). The van der Waals surface area contributed by atoms with Crippen LogP contribution in [-0.2, 0) is 6.54 Å². The molecule has 0 spiro atoms. The van der Waals surface area contributed by atoms with E-state index in [0.717, 1.165) is 11.3 Å². The molecule has 6 nitrogen and oxygen atoms in total. The molecule has 7 heteroatoms. The number of piperazine rings is 1. The molecule has 142 valence electrons. The maximum atomic E-state index is 13.9. The lowest BCUT2D eigenvalue weighted by molar-refractivity contribution is 0.171. The number of nitrogens with zero attached hydrogens (tertiary/aromatic N) is 2. The third-order valence-corrected chi connectivity index (χ3v) is 4.81. The van der Waals surface area contributed by atoms with E-state index in [1.54, 1.807) is 17.0 Å². The molecular weight excluding hydrogens is 349 g/mol. The van der Waals surface area contributed by atoms with Crippen molar-refractivity contribution in [1.29, 1.82) is 0 Å². The lowest BCUT2D eigenvalue weighted by Gasteiger charge is -2.36. The number of amides is 2. The zero-order valence-corrected chi connectivity index (χ0v) is 15.0. The largest absolute Gasteiger partial charge is 0.486 e. The first-order valence-corrected chi connectivity index (χ1v) is 9.11. The smallest absolute Gasteiger partial charge is 0.317 e. The van der Waals surface area contributed by atoms with Crippen LogP contribution in [0.1, 0.15) is 5.56 Å². The third-order valence-electron chi connectivity index (χ3n) is 4.81. The van der Waals surface area contributed by atoms with Gasteiger partial charge >= 0.3 is 6.03 Å². The number of urea groups is 1. The topological polar surface area (TPSA) is 54.0 Å². The molecular formula is C20H22FN3O3. The molecule has 0 radical (unpaired) electrons. The average Bonchev–Trinajstić information content (AvgIpc) is 2.72. The lowest BCUT2D eigenvalue weighted by Crippen LogP contribution is -2.51. The molecule has 0 bridgehead atoms. The number of hydrogen-bond acceptors (Lipinski definition) is 4. The quantitative estimate of drug-likeness (QED) is 0.901. The van der Waals surface area contributed by atoms with Gasteiger partial charge in [0.1, 0.15) is 19.0 Å². The summed E-state index contributed by atoms with van der Waals surface area (Å²) in [5, 5.41) is 2.94. The number of nitrogens with one attached hydrogen (secondary N) is 1. The van der Waals surface area contributed by atoms with Crippen LogP contribution < -0.4 is 19.7 Å². The predicted octanol–water partition coefficient (Wildman–Crippen LogP) is 2.63. The number of ether oxygens (including phenoxy) is 2. The molecule has 0 aliphatic carbocycles. The number of benzene rings is 2. The van der Waals surface area contributed by atoms with Crippen molar-refractivity contribution in [1.82, 2.24) is 10.2 Å². The van der Waals surface area contributed by atoms with Crippen LogP contribution >= 0.6 is 0 Å². The number of halogens is 1. The molecule has 2 aromatic rings. The van der Waals surface area contributed by atoms with Gasteiger partial charge in [-0.1, -0.05) is 18.2 Å². The number of hydrogen-bond donors (Lipinski definition) is 1. The molecule has 0 unspecified atom stereocenters. The van der Waals surface area contributed by atoms with Crippen molar-refractivity contribution < 1.29 is 18.7 Å². The van der Waals surface area contributed by atoms with Gasteiger partial charge in [-0.15, -0.1) is 0 Å². The van der Waals surface area contributed by atoms with E-state index in [1.807, 2.05) is 29.2 Å². The minimum absolute atomic E-state index is 0.113. The molecule has 0 saturated carbocycles. The van der Waals surface area contributed by atoms with Gasteiger partial charge in [0.2, 0.25) is 0 Å². The van der Waals surface area contributed by atoms with Gasteiger partial charge in [-0.2, -0.15) is 0 Å². The second kappa shape index (κ2) is 7.73. The average molecular weight is 371 g/mol. The zero-order chi connectivity index (χ0) is 18.6. The minimum Gasteiger partial charge on any atom is -0.486 e. The Balaban J connectivity index is 1.29. The summed E-state index contributed by atoms with van der Waals surface area (Å²) in [6.45, 7) is 3.85. The van der Waals surface area contributed by atoms with Gasteiger partial charge in [-0.25, -0.2) is 9.18 Å². The van der Waals surface area contributed by atoms with Crippen LogP contribution in [0.15, 0.2) is 42.5 Å². The fourth-order valence-electron chi connectivity index (χ4n) is 3.35. The molecule has 2 amide bonds. The summed E-state index contributed by atoms with van der Waals surface area (Å²) in [6.07, 6.45) is 0. The Hall–Kier alpha value is -2.96. The molecule has 2 aliphatic heterocycles. The van der Waals surface area contributed by atoms with E-state index in [4.69, 9.17) is 9.47 Å². The summed E-state index contributed by atoms with van der Waals surface area (Å²) in [4.78, 5) is 16.2. The van der Waals surface area contributed by atoms with E-state index in [9.17, 15) is 9.18 Å². The SMILES string of the molecule is O=C(NCc1ccc2c(c1)OCCO2)N1CCN(c2ccccc2F)CC1. The van der Waals surface area contributed by atoms with Crippen LogP contribution in [0.3, 0.4) is 0 Å². The molecule has 27 heavy (non-hydrogen) atoms. The Morgan fingerprint density at radius 2 is 1.74 bits per heavy atom. The van der Waals surface area contributed by atoms with Crippen LogP contribution in [0, 0.1) is 5.82 Å². The first-order valence-electron chi connectivity index (χ1n) is 9.11. The van der Waals surface area contributed by atoms with Gasteiger partial charge in [-0.3, -0.25) is 0 Å². The van der Waals surface area contributed by atoms with E-state index >= 15 is 0 Å². The van der Waals surface area contributed by atoms with Crippen molar-refractivity contribution in [2.75, 3.05) is 44.3 Å². The first kappa shape index (κ1) is 17.5. The zero-order valence-electron chi connectivity index (χ0n) is 15.0. The first-order chi connectivity index (χ1) is 13.2. The lowest BCUT2D eigenvalue weighted by atomic mass is 10.2. The summed E-state index contributed by atoms with van der Waals surface area (Å²) in [7, 11) is 0. The highest BCUT2D eigenvalue weighted by molar-refractivity contribution is 5.74. The highest BCUT2D eigenvalue weighted by atomic mass is 19.1. The van der Waals surface area contributed by atoms with Crippen LogP contribution in [-0.4, -0.2) is 50.3 Å². The van der Waals surface area contributed by atoms with Crippen LogP contribution in [0.4, 0.5) is 14.9 Å². The van der Waals surface area contributed by atoms with Crippen LogP contribution in [0.25, 0.3) is 0 Å². The van der Waals surface area contributed by atoms with Crippen molar-refractivity contribution in [3.63, 3.8) is 0 Å². The molecule has 2 aliphatic rings. The van der Waals surface area contributed by atoms with Crippen LogP contribution in [0.2, 0.25) is 0 Å². The van der Waals surface area contributed by atoms with E-state index in [0.29, 0.717) is 57.4 Å². The van der Waals surface area contributed by atoms with Gasteiger partial charge < -0.3 is 24.6 Å². The Morgan fingerprint density at radius 1 is 1.00 bits per heavy atom. The minimum atomic E-state index is -0.228. The fourth-order valence-corrected chi connectivity index (χ4v) is 3.35. The maximum absolute atomic E-state index is 13.9. The van der Waals surface area contributed by atoms with E-state index in [1.165, 1.54) is 6.07 Å². The van der Waals surface area contributed by atoms with Crippen molar-refractivity contribution in [3.05, 3.63) is 53.8 Å². The fraction of sp³-hybridized carbons (Fsp3) is 0.350. The van der Waals surface area contributed by atoms with Gasteiger partial charge in [-0.05, 0) is 29.8 Å². The standard InChI is InChI=1S/C20H22FN3O3/c21-16-3-1-2-4-17(16)23-7-9-24(10-8-23)20(25)22-14-15-5-6-18-19(13-15)27-12-11-26-18/h1-6,13H,7-12,14H2,(H,22,25). The molecule has 2 heterocycles. The Kier molecular flexibility index (Phi) is 5.00. The van der Waals surface area contributed by atoms with Gasteiger partial charge in [0, 0.05) is 32.7 Å². The van der Waals surface area contributed by atoms with Gasteiger partial charge in [0.25, 0.3) is 0 Å². The molecule has 1 saturated heterocycles. The number of rotatable bonds is 3. The molecule has 2 aromatic carbocycles. The van der Waals surface area contributed by atoms with E-state index in [2.05, 4.69) is 5.32 Å². The molecule has 1 N–H and O–H groups in total. The number of anilines is 1. The van der Waals surface area contributed by atoms with Crippen LogP contribution in [0.5, 0.6) is 11.5 Å². The van der Waals surface area contributed by atoms with Gasteiger partial charge in [0.05, 0.1) is 5.69 Å². The van der Waals surface area contributed by atoms with Crippen molar-refractivity contribution in [2.24, 2.45) is 0 Å². The summed E-state index contributed by atoms with van der Waals surface area (Å²) in [5.74, 6) is 1.22. The Morgan fingerprint density at radius 3 is 2.52 bits per heavy atom. The molecule has 0 aromatic heterocycles. The second-order valence-corrected chi connectivity index (χ2v) is 6.56. The predicted molar refractivity (Wildman–Crippen MR) is 99.9 cm³/mol. The second-order valence-electron chi connectivity index (χ2n) is 6.56. The summed E-state index contributed by atoms with van der Waals surface area (Å²) < 4.78 is 25.0. The Labute approximate surface area is 157 Å². The summed E-state index contributed by atoms with van der Waals surface area (Å²) in [5.41, 5.74) is 1.55. The maximum Gasteiger partial charge on any atom is 0.317 e. The normalized spacial score (nSPS) is 16.2.